The van der Waals surface area contributed by atoms with Gasteiger partial charge < -0.3 is 0 Å². The van der Waals surface area contributed by atoms with Crippen molar-refractivity contribution in [3.05, 3.63) is 22.4 Å². The zero-order valence-corrected chi connectivity index (χ0v) is 10.1. The molecular weight excluding hydrogens is 294 g/mol. The molecule has 0 spiro atoms. The molecule has 0 aliphatic heterocycles. The molecule has 14 heavy (non-hydrogen) atoms. The molecule has 4 nitrogen and oxygen atoms in total. The summed E-state index contributed by atoms with van der Waals surface area (Å²) in [6.07, 6.45) is 0. The molecule has 0 atom stereocenters. The summed E-state index contributed by atoms with van der Waals surface area (Å²) in [7, 11) is 1.29. The minimum atomic E-state index is -3.83. The Hall–Kier alpha value is -0.460. The van der Waals surface area contributed by atoms with Crippen molar-refractivity contribution in [1.29, 1.82) is 0 Å². The smallest absolute Gasteiger partial charge is 0.261 e. The molecule has 0 N–H and O–H groups in total. The number of hydrogen-bond donors (Lipinski definition) is 0. The molecule has 1 heterocycles. The van der Waals surface area contributed by atoms with E-state index in [9.17, 15) is 13.2 Å². The van der Waals surface area contributed by atoms with Crippen molar-refractivity contribution in [1.82, 2.24) is 4.98 Å². The molecule has 0 saturated heterocycles. The van der Waals surface area contributed by atoms with Crippen LogP contribution in [0.15, 0.2) is 21.6 Å². The average molecular weight is 299 g/mol. The molecular formula is C7H5BrClNO3S. The number of carbonyl (C=O) groups is 1. The van der Waals surface area contributed by atoms with Crippen molar-refractivity contribution in [2.75, 3.05) is 0 Å². The Labute approximate surface area is 93.8 Å². The number of carbonyl (C=O) groups excluding carboxylic acids is 1. The topological polar surface area (TPSA) is 64.1 Å². The molecule has 0 amide bonds. The van der Waals surface area contributed by atoms with Crippen molar-refractivity contribution >= 4 is 41.4 Å². The van der Waals surface area contributed by atoms with Crippen LogP contribution in [0.5, 0.6) is 0 Å². The maximum absolute atomic E-state index is 11.0. The van der Waals surface area contributed by atoms with Crippen LogP contribution in [0.3, 0.4) is 0 Å². The van der Waals surface area contributed by atoms with E-state index in [1.165, 1.54) is 13.0 Å². The van der Waals surface area contributed by atoms with Crippen LogP contribution in [-0.2, 0) is 9.05 Å². The Balaban J connectivity index is 3.43. The second-order valence-corrected chi connectivity index (χ2v) is 5.88. The summed E-state index contributed by atoms with van der Waals surface area (Å²) >= 11 is 2.99. The average Bonchev–Trinajstić information content (AvgIpc) is 2.01. The van der Waals surface area contributed by atoms with Crippen LogP contribution in [0, 0.1) is 0 Å². The minimum Gasteiger partial charge on any atom is -0.293 e. The van der Waals surface area contributed by atoms with Crippen LogP contribution in [0.2, 0.25) is 0 Å². The molecule has 0 fully saturated rings. The first-order chi connectivity index (χ1) is 6.30. The fraction of sp³-hybridized carbons (Fsp3) is 0.143. The largest absolute Gasteiger partial charge is 0.293 e. The molecule has 0 saturated carbocycles. The van der Waals surface area contributed by atoms with Crippen LogP contribution < -0.4 is 0 Å². The highest BCUT2D eigenvalue weighted by molar-refractivity contribution is 9.10. The highest BCUT2D eigenvalue weighted by Crippen LogP contribution is 2.19. The lowest BCUT2D eigenvalue weighted by atomic mass is 10.3. The number of pyridine rings is 1. The molecule has 1 aromatic heterocycles. The van der Waals surface area contributed by atoms with Crippen molar-refractivity contribution in [3.63, 3.8) is 0 Å². The summed E-state index contributed by atoms with van der Waals surface area (Å²) in [5.74, 6) is -0.326. The van der Waals surface area contributed by atoms with Crippen molar-refractivity contribution in [2.45, 2.75) is 11.8 Å². The highest BCUT2D eigenvalue weighted by atomic mass is 79.9. The van der Waals surface area contributed by atoms with Crippen molar-refractivity contribution in [3.8, 4) is 0 Å². The monoisotopic (exact) mass is 297 g/mol. The first-order valence-corrected chi connectivity index (χ1v) is 6.54. The van der Waals surface area contributed by atoms with Crippen LogP contribution in [-0.4, -0.2) is 19.2 Å². The summed E-state index contributed by atoms with van der Waals surface area (Å²) in [6, 6.07) is 2.37. The number of halogens is 2. The van der Waals surface area contributed by atoms with Gasteiger partial charge in [-0.25, -0.2) is 13.4 Å². The van der Waals surface area contributed by atoms with E-state index in [-0.39, 0.29) is 21.0 Å². The molecule has 0 aromatic carbocycles. The van der Waals surface area contributed by atoms with Crippen LogP contribution in [0.1, 0.15) is 17.4 Å². The van der Waals surface area contributed by atoms with Gasteiger partial charge >= 0.3 is 0 Å². The predicted octanol–water partition coefficient (Wildman–Crippen LogP) is 1.97. The van der Waals surface area contributed by atoms with Gasteiger partial charge in [-0.2, -0.15) is 0 Å². The van der Waals surface area contributed by atoms with Crippen molar-refractivity contribution in [2.24, 2.45) is 0 Å². The number of aromatic nitrogens is 1. The molecule has 0 unspecified atom stereocenters. The lowest BCUT2D eigenvalue weighted by molar-refractivity contribution is 0.101. The molecule has 0 aliphatic rings. The van der Waals surface area contributed by atoms with Gasteiger partial charge in [-0.1, -0.05) is 0 Å². The first kappa shape index (κ1) is 11.6. The van der Waals surface area contributed by atoms with Gasteiger partial charge in [0.05, 0.1) is 4.90 Å². The predicted molar refractivity (Wildman–Crippen MR) is 55.0 cm³/mol. The van der Waals surface area contributed by atoms with Crippen LogP contribution in [0.25, 0.3) is 0 Å². The molecule has 0 aliphatic carbocycles. The second kappa shape index (κ2) is 3.96. The number of hydrogen-bond acceptors (Lipinski definition) is 4. The zero-order chi connectivity index (χ0) is 10.9. The van der Waals surface area contributed by atoms with Gasteiger partial charge in [0.1, 0.15) is 10.3 Å². The van der Waals surface area contributed by atoms with E-state index in [0.29, 0.717) is 0 Å². The Morgan fingerprint density at radius 3 is 2.50 bits per heavy atom. The van der Waals surface area contributed by atoms with Gasteiger partial charge in [0, 0.05) is 17.6 Å². The van der Waals surface area contributed by atoms with E-state index in [1.54, 1.807) is 0 Å². The maximum atomic E-state index is 11.0. The summed E-state index contributed by atoms with van der Waals surface area (Å²) in [6.45, 7) is 1.29. The summed E-state index contributed by atoms with van der Waals surface area (Å²) in [4.78, 5) is 14.6. The molecule has 1 aromatic rings. The highest BCUT2D eigenvalue weighted by Gasteiger charge is 2.14. The SMILES string of the molecule is CC(=O)c1cc(S(=O)(=O)Cl)cc(Br)n1. The van der Waals surface area contributed by atoms with Crippen LogP contribution >= 0.6 is 26.6 Å². The van der Waals surface area contributed by atoms with E-state index >= 15 is 0 Å². The Kier molecular flexibility index (Phi) is 3.28. The standard InChI is InChI=1S/C7H5BrClNO3S/c1-4(11)6-2-5(14(9,12)13)3-7(8)10-6/h2-3H,1H3. The number of ketones is 1. The van der Waals surface area contributed by atoms with Gasteiger partial charge in [0.2, 0.25) is 0 Å². The number of rotatable bonds is 2. The molecule has 76 valence electrons. The van der Waals surface area contributed by atoms with Gasteiger partial charge in [-0.3, -0.25) is 4.79 Å². The Bertz CT molecular complexity index is 486. The third-order valence-electron chi connectivity index (χ3n) is 1.41. The third-order valence-corrected chi connectivity index (χ3v) is 3.15. The summed E-state index contributed by atoms with van der Waals surface area (Å²) < 4.78 is 22.2. The normalized spacial score (nSPS) is 11.4. The van der Waals surface area contributed by atoms with Gasteiger partial charge in [0.15, 0.2) is 5.78 Å². The van der Waals surface area contributed by atoms with Crippen LogP contribution in [0.4, 0.5) is 0 Å². The van der Waals surface area contributed by atoms with E-state index in [4.69, 9.17) is 10.7 Å². The van der Waals surface area contributed by atoms with E-state index in [2.05, 4.69) is 20.9 Å². The Morgan fingerprint density at radius 2 is 2.07 bits per heavy atom. The third kappa shape index (κ3) is 2.76. The van der Waals surface area contributed by atoms with Gasteiger partial charge in [-0.05, 0) is 28.1 Å². The molecule has 7 heteroatoms. The lowest BCUT2D eigenvalue weighted by Crippen LogP contribution is -2.00. The van der Waals surface area contributed by atoms with Gasteiger partial charge in [-0.15, -0.1) is 0 Å². The number of Topliss-reactive ketones (excluding diaryl/α,β-unsaturated/α-hetero) is 1. The van der Waals surface area contributed by atoms with Gasteiger partial charge in [0.25, 0.3) is 9.05 Å². The fourth-order valence-corrected chi connectivity index (χ4v) is 2.16. The molecule has 1 rings (SSSR count). The molecule has 0 bridgehead atoms. The lowest BCUT2D eigenvalue weighted by Gasteiger charge is -2.00. The van der Waals surface area contributed by atoms with E-state index in [1.807, 2.05) is 0 Å². The Morgan fingerprint density at radius 1 is 1.50 bits per heavy atom. The van der Waals surface area contributed by atoms with E-state index < -0.39 is 9.05 Å². The first-order valence-electron chi connectivity index (χ1n) is 3.44. The maximum Gasteiger partial charge on any atom is 0.261 e. The summed E-state index contributed by atoms with van der Waals surface area (Å²) in [5.41, 5.74) is 0.0543. The number of nitrogens with zero attached hydrogens (tertiary/aromatic N) is 1. The zero-order valence-electron chi connectivity index (χ0n) is 6.99. The second-order valence-electron chi connectivity index (χ2n) is 2.50. The summed E-state index contributed by atoms with van der Waals surface area (Å²) in [5, 5.41) is 0. The molecule has 0 radical (unpaired) electrons. The minimum absolute atomic E-state index is 0.0543. The van der Waals surface area contributed by atoms with E-state index in [0.717, 1.165) is 6.07 Å². The fourth-order valence-electron chi connectivity index (χ4n) is 0.795. The van der Waals surface area contributed by atoms with Crippen molar-refractivity contribution < 1.29 is 13.2 Å². The quantitative estimate of drug-likeness (QED) is 0.476.